The van der Waals surface area contributed by atoms with Gasteiger partial charge < -0.3 is 25.4 Å². The smallest absolute Gasteiger partial charge is 0.411 e. The first-order chi connectivity index (χ1) is 12.9. The molecule has 0 spiro atoms. The molecule has 0 aromatic heterocycles. The van der Waals surface area contributed by atoms with Gasteiger partial charge in [0, 0.05) is 26.7 Å². The molecule has 3 N–H and O–H groups in total. The van der Waals surface area contributed by atoms with Gasteiger partial charge in [0.25, 0.3) is 0 Å². The molecule has 0 rings (SSSR count). The number of carbonyl (C=O) groups is 1. The second-order valence-corrected chi connectivity index (χ2v) is 7.49. The van der Waals surface area contributed by atoms with Gasteiger partial charge in [-0.05, 0) is 40.0 Å². The highest BCUT2D eigenvalue weighted by Crippen LogP contribution is 2.16. The van der Waals surface area contributed by atoms with E-state index in [0.717, 1.165) is 0 Å². The molecule has 0 radical (unpaired) electrons. The van der Waals surface area contributed by atoms with E-state index >= 15 is 0 Å². The van der Waals surface area contributed by atoms with Gasteiger partial charge in [-0.15, -0.1) is 24.0 Å². The number of nitrogens with zero attached hydrogens (tertiary/aromatic N) is 1. The van der Waals surface area contributed by atoms with Crippen LogP contribution in [0.15, 0.2) is 4.99 Å². The Balaban J connectivity index is 0. The molecule has 0 aliphatic heterocycles. The predicted molar refractivity (Wildman–Crippen MR) is 119 cm³/mol. The number of nitrogens with one attached hydrogen (secondary N) is 3. The molecule has 11 heteroatoms. The third kappa shape index (κ3) is 15.5. The summed E-state index contributed by atoms with van der Waals surface area (Å²) in [5.74, 6) is 0.494. The summed E-state index contributed by atoms with van der Waals surface area (Å²) in [6.07, 6.45) is -3.03. The average molecular weight is 540 g/mol. The average Bonchev–Trinajstić information content (AvgIpc) is 2.56. The molecule has 0 aliphatic carbocycles. The summed E-state index contributed by atoms with van der Waals surface area (Å²) in [5, 5.41) is 9.09. The maximum absolute atomic E-state index is 12.1. The van der Waals surface area contributed by atoms with Crippen LogP contribution in [0.3, 0.4) is 0 Å². The highest BCUT2D eigenvalue weighted by atomic mass is 127. The minimum Gasteiger partial charge on any atom is -0.444 e. The molecular weight excluding hydrogens is 504 g/mol. The van der Waals surface area contributed by atoms with Gasteiger partial charge in [0.2, 0.25) is 0 Å². The SMILES string of the molecule is CCC(CC)(CNC(=NC)NCCCOCC(F)(F)F)NC(=O)OC(C)(C)C.I. The van der Waals surface area contributed by atoms with Gasteiger partial charge in [-0.1, -0.05) is 13.8 Å². The van der Waals surface area contributed by atoms with Gasteiger partial charge in [0.15, 0.2) is 5.96 Å². The fraction of sp³-hybridized carbons (Fsp3) is 0.889. The van der Waals surface area contributed by atoms with Crippen LogP contribution in [0.25, 0.3) is 0 Å². The van der Waals surface area contributed by atoms with E-state index in [2.05, 4.69) is 25.7 Å². The van der Waals surface area contributed by atoms with E-state index in [9.17, 15) is 18.0 Å². The van der Waals surface area contributed by atoms with E-state index in [-0.39, 0.29) is 30.6 Å². The molecule has 0 aromatic carbocycles. The maximum atomic E-state index is 12.1. The third-order valence-corrected chi connectivity index (χ3v) is 3.96. The molecule has 0 aliphatic rings. The van der Waals surface area contributed by atoms with Gasteiger partial charge in [-0.3, -0.25) is 4.99 Å². The van der Waals surface area contributed by atoms with Crippen molar-refractivity contribution in [2.24, 2.45) is 4.99 Å². The van der Waals surface area contributed by atoms with Crippen molar-refractivity contribution in [3.05, 3.63) is 0 Å². The topological polar surface area (TPSA) is 84.0 Å². The van der Waals surface area contributed by atoms with Gasteiger partial charge in [0.05, 0.1) is 5.54 Å². The number of alkyl halides is 3. The standard InChI is InChI=1S/C18H35F3N4O3.HI/c1-7-17(8-2,25-15(26)28-16(3,4)5)12-24-14(22-6)23-10-9-11-27-13-18(19,20)21;/h7-13H2,1-6H3,(H,25,26)(H2,22,23,24);1H. The van der Waals surface area contributed by atoms with Crippen molar-refractivity contribution in [3.63, 3.8) is 0 Å². The van der Waals surface area contributed by atoms with Crippen molar-refractivity contribution in [1.82, 2.24) is 16.0 Å². The minimum absolute atomic E-state index is 0. The molecule has 0 heterocycles. The number of hydrogen-bond acceptors (Lipinski definition) is 4. The van der Waals surface area contributed by atoms with E-state index < -0.39 is 30.0 Å². The number of guanidine groups is 1. The fourth-order valence-corrected chi connectivity index (χ4v) is 2.28. The molecule has 0 aromatic rings. The van der Waals surface area contributed by atoms with E-state index in [0.29, 0.717) is 38.3 Å². The summed E-state index contributed by atoms with van der Waals surface area (Å²) in [6.45, 7) is 8.92. The number of carbonyl (C=O) groups excluding carboxylic acids is 1. The summed E-state index contributed by atoms with van der Waals surface area (Å²) in [4.78, 5) is 16.2. The Morgan fingerprint density at radius 1 is 1.07 bits per heavy atom. The molecule has 0 saturated heterocycles. The normalized spacial score (nSPS) is 12.8. The summed E-state index contributed by atoms with van der Waals surface area (Å²) >= 11 is 0. The van der Waals surface area contributed by atoms with Crippen LogP contribution in [0.5, 0.6) is 0 Å². The number of ether oxygens (including phenoxy) is 2. The van der Waals surface area contributed by atoms with Crippen LogP contribution in [0.2, 0.25) is 0 Å². The zero-order chi connectivity index (χ0) is 21.8. The van der Waals surface area contributed by atoms with Crippen LogP contribution in [-0.2, 0) is 9.47 Å². The lowest BCUT2D eigenvalue weighted by Crippen LogP contribution is -2.57. The first-order valence-corrected chi connectivity index (χ1v) is 9.46. The van der Waals surface area contributed by atoms with Crippen molar-refractivity contribution >= 4 is 36.0 Å². The number of halogens is 4. The monoisotopic (exact) mass is 540 g/mol. The van der Waals surface area contributed by atoms with Crippen LogP contribution in [0, 0.1) is 0 Å². The number of rotatable bonds is 10. The Morgan fingerprint density at radius 3 is 2.10 bits per heavy atom. The molecule has 7 nitrogen and oxygen atoms in total. The van der Waals surface area contributed by atoms with Crippen molar-refractivity contribution in [1.29, 1.82) is 0 Å². The Kier molecular flexibility index (Phi) is 14.7. The lowest BCUT2D eigenvalue weighted by Gasteiger charge is -2.34. The van der Waals surface area contributed by atoms with Gasteiger partial charge in [-0.2, -0.15) is 13.2 Å². The van der Waals surface area contributed by atoms with E-state index in [4.69, 9.17) is 4.74 Å². The van der Waals surface area contributed by atoms with Gasteiger partial charge in [0.1, 0.15) is 12.2 Å². The first kappa shape index (κ1) is 30.2. The molecule has 29 heavy (non-hydrogen) atoms. The summed E-state index contributed by atoms with van der Waals surface area (Å²) in [6, 6.07) is 0. The molecule has 0 saturated carbocycles. The Bertz CT molecular complexity index is 494. The molecular formula is C18H36F3IN4O3. The largest absolute Gasteiger partial charge is 0.444 e. The van der Waals surface area contributed by atoms with E-state index in [1.165, 1.54) is 0 Å². The van der Waals surface area contributed by atoms with Crippen molar-refractivity contribution in [3.8, 4) is 0 Å². The van der Waals surface area contributed by atoms with E-state index in [1.807, 2.05) is 13.8 Å². The number of hydrogen-bond donors (Lipinski definition) is 3. The van der Waals surface area contributed by atoms with Crippen molar-refractivity contribution in [2.45, 2.75) is 71.2 Å². The Labute approximate surface area is 189 Å². The summed E-state index contributed by atoms with van der Waals surface area (Å²) < 4.78 is 45.9. The minimum atomic E-state index is -4.31. The number of amides is 1. The zero-order valence-electron chi connectivity index (χ0n) is 18.2. The lowest BCUT2D eigenvalue weighted by molar-refractivity contribution is -0.173. The van der Waals surface area contributed by atoms with Crippen LogP contribution in [0.1, 0.15) is 53.9 Å². The second kappa shape index (κ2) is 14.1. The maximum Gasteiger partial charge on any atom is 0.411 e. The van der Waals surface area contributed by atoms with E-state index in [1.54, 1.807) is 27.8 Å². The first-order valence-electron chi connectivity index (χ1n) is 9.46. The van der Waals surface area contributed by atoms with Crippen LogP contribution >= 0.6 is 24.0 Å². The summed E-state index contributed by atoms with van der Waals surface area (Å²) in [5.41, 5.74) is -1.10. The van der Waals surface area contributed by atoms with Crippen LogP contribution in [0.4, 0.5) is 18.0 Å². The second-order valence-electron chi connectivity index (χ2n) is 7.49. The fourth-order valence-electron chi connectivity index (χ4n) is 2.28. The van der Waals surface area contributed by atoms with Gasteiger partial charge >= 0.3 is 12.3 Å². The lowest BCUT2D eigenvalue weighted by atomic mass is 9.93. The quantitative estimate of drug-likeness (QED) is 0.170. The Morgan fingerprint density at radius 2 is 1.66 bits per heavy atom. The molecule has 0 fully saturated rings. The van der Waals surface area contributed by atoms with Crippen molar-refractivity contribution < 1.29 is 27.4 Å². The highest BCUT2D eigenvalue weighted by Gasteiger charge is 2.30. The highest BCUT2D eigenvalue weighted by molar-refractivity contribution is 14.0. The summed E-state index contributed by atoms with van der Waals surface area (Å²) in [7, 11) is 1.59. The molecule has 174 valence electrons. The zero-order valence-corrected chi connectivity index (χ0v) is 20.5. The van der Waals surface area contributed by atoms with Crippen LogP contribution < -0.4 is 16.0 Å². The number of aliphatic imine (C=N–C) groups is 1. The molecule has 0 bridgehead atoms. The Hall–Kier alpha value is -0.980. The molecule has 0 unspecified atom stereocenters. The van der Waals surface area contributed by atoms with Crippen molar-refractivity contribution in [2.75, 3.05) is 33.4 Å². The third-order valence-electron chi connectivity index (χ3n) is 3.96. The molecule has 1 amide bonds. The predicted octanol–water partition coefficient (Wildman–Crippen LogP) is 3.82. The van der Waals surface area contributed by atoms with Crippen LogP contribution in [-0.4, -0.2) is 62.7 Å². The van der Waals surface area contributed by atoms with Gasteiger partial charge in [-0.25, -0.2) is 4.79 Å². The number of alkyl carbamates (subject to hydrolysis) is 1. The molecule has 0 atom stereocenters.